The van der Waals surface area contributed by atoms with Gasteiger partial charge in [-0.15, -0.1) is 11.3 Å². The van der Waals surface area contributed by atoms with Crippen molar-refractivity contribution < 1.29 is 13.9 Å². The lowest BCUT2D eigenvalue weighted by atomic mass is 9.96. The monoisotopic (exact) mass is 435 g/mol. The Kier molecular flexibility index (Phi) is 4.98. The first kappa shape index (κ1) is 19.8. The van der Waals surface area contributed by atoms with Crippen molar-refractivity contribution in [2.45, 2.75) is 32.2 Å². The number of ether oxygens (including phenoxy) is 1. The summed E-state index contributed by atoms with van der Waals surface area (Å²) >= 11 is 1.52. The molecule has 7 heteroatoms. The van der Waals surface area contributed by atoms with Gasteiger partial charge in [0.1, 0.15) is 11.6 Å². The lowest BCUT2D eigenvalue weighted by molar-refractivity contribution is -0.118. The van der Waals surface area contributed by atoms with Crippen molar-refractivity contribution in [3.05, 3.63) is 71.1 Å². The van der Waals surface area contributed by atoms with Crippen molar-refractivity contribution in [1.82, 2.24) is 9.38 Å². The molecule has 158 valence electrons. The van der Waals surface area contributed by atoms with Gasteiger partial charge in [-0.1, -0.05) is 0 Å². The second-order valence-corrected chi connectivity index (χ2v) is 8.67. The normalized spacial score (nSPS) is 15.8. The number of aromatic nitrogens is 2. The predicted molar refractivity (Wildman–Crippen MR) is 120 cm³/mol. The molecule has 1 amide bonds. The molecule has 0 radical (unpaired) electrons. The Morgan fingerprint density at radius 3 is 2.84 bits per heavy atom. The highest BCUT2D eigenvalue weighted by Gasteiger charge is 2.29. The van der Waals surface area contributed by atoms with Crippen molar-refractivity contribution in [3.63, 3.8) is 0 Å². The van der Waals surface area contributed by atoms with E-state index in [0.717, 1.165) is 51.8 Å². The fourth-order valence-electron chi connectivity index (χ4n) is 4.20. The van der Waals surface area contributed by atoms with Gasteiger partial charge in [0.15, 0.2) is 4.96 Å². The lowest BCUT2D eigenvalue weighted by Gasteiger charge is -2.35. The molecule has 0 N–H and O–H groups in total. The number of amides is 1. The van der Waals surface area contributed by atoms with Gasteiger partial charge in [-0.2, -0.15) is 0 Å². The number of imidazole rings is 1. The number of nitrogens with zero attached hydrogens (tertiary/aromatic N) is 3. The van der Waals surface area contributed by atoms with E-state index in [4.69, 9.17) is 9.72 Å². The summed E-state index contributed by atoms with van der Waals surface area (Å²) < 4.78 is 20.9. The molecule has 1 aliphatic heterocycles. The summed E-state index contributed by atoms with van der Waals surface area (Å²) in [6.07, 6.45) is 3.85. The summed E-state index contributed by atoms with van der Waals surface area (Å²) in [5.41, 5.74) is 4.47. The SMILES string of the molecule is COc1ccc(-c2cn3c(CC(=O)N4c5ccc(F)cc5CC[C@H]4C)csc3n2)cc1. The third-order valence-electron chi connectivity index (χ3n) is 5.84. The quantitative estimate of drug-likeness (QED) is 0.447. The Balaban J connectivity index is 1.43. The van der Waals surface area contributed by atoms with Gasteiger partial charge in [-0.05, 0) is 67.8 Å². The van der Waals surface area contributed by atoms with Crippen molar-refractivity contribution >= 4 is 27.9 Å². The number of benzene rings is 2. The van der Waals surface area contributed by atoms with E-state index >= 15 is 0 Å². The minimum absolute atomic E-state index is 0.0134. The van der Waals surface area contributed by atoms with Gasteiger partial charge in [-0.3, -0.25) is 9.20 Å². The van der Waals surface area contributed by atoms with Crippen LogP contribution in [0.3, 0.4) is 0 Å². The van der Waals surface area contributed by atoms with Gasteiger partial charge in [0, 0.05) is 34.6 Å². The highest BCUT2D eigenvalue weighted by molar-refractivity contribution is 7.15. The van der Waals surface area contributed by atoms with E-state index in [1.54, 1.807) is 19.2 Å². The fourth-order valence-corrected chi connectivity index (χ4v) is 5.07. The molecule has 3 heterocycles. The number of hydrogen-bond donors (Lipinski definition) is 0. The number of rotatable bonds is 4. The van der Waals surface area contributed by atoms with Crippen LogP contribution in [0.2, 0.25) is 0 Å². The number of aryl methyl sites for hydroxylation is 1. The molecule has 5 nitrogen and oxygen atoms in total. The van der Waals surface area contributed by atoms with Gasteiger partial charge < -0.3 is 9.64 Å². The van der Waals surface area contributed by atoms with E-state index in [1.807, 2.05) is 52.1 Å². The average Bonchev–Trinajstić information content (AvgIpc) is 3.36. The minimum Gasteiger partial charge on any atom is -0.497 e. The zero-order chi connectivity index (χ0) is 21.5. The molecule has 1 atom stereocenters. The van der Waals surface area contributed by atoms with E-state index in [0.29, 0.717) is 0 Å². The molecule has 0 bridgehead atoms. The highest BCUT2D eigenvalue weighted by Crippen LogP contribution is 2.32. The summed E-state index contributed by atoms with van der Waals surface area (Å²) in [7, 11) is 1.64. The molecule has 0 fully saturated rings. The van der Waals surface area contributed by atoms with Gasteiger partial charge >= 0.3 is 0 Å². The molecule has 2 aromatic heterocycles. The second kappa shape index (κ2) is 7.81. The van der Waals surface area contributed by atoms with Crippen LogP contribution in [-0.2, 0) is 17.6 Å². The fraction of sp³-hybridized carbons (Fsp3) is 0.250. The summed E-state index contributed by atoms with van der Waals surface area (Å²) in [6, 6.07) is 12.5. The lowest BCUT2D eigenvalue weighted by Crippen LogP contribution is -2.43. The minimum atomic E-state index is -0.260. The van der Waals surface area contributed by atoms with E-state index in [2.05, 4.69) is 0 Å². The van der Waals surface area contributed by atoms with Gasteiger partial charge in [0.05, 0.1) is 19.2 Å². The van der Waals surface area contributed by atoms with Crippen LogP contribution in [0.15, 0.2) is 54.0 Å². The smallest absolute Gasteiger partial charge is 0.233 e. The predicted octanol–water partition coefficient (Wildman–Crippen LogP) is 5.12. The molecule has 0 saturated heterocycles. The largest absolute Gasteiger partial charge is 0.497 e. The topological polar surface area (TPSA) is 46.8 Å². The number of carbonyl (C=O) groups is 1. The van der Waals surface area contributed by atoms with Crippen LogP contribution in [0.5, 0.6) is 5.75 Å². The first-order valence-corrected chi connectivity index (χ1v) is 11.1. The number of thiazole rings is 1. The highest BCUT2D eigenvalue weighted by atomic mass is 32.1. The Bertz CT molecular complexity index is 1260. The van der Waals surface area contributed by atoms with Crippen LogP contribution in [0.4, 0.5) is 10.1 Å². The molecule has 2 aromatic carbocycles. The molecule has 1 aliphatic rings. The summed E-state index contributed by atoms with van der Waals surface area (Å²) in [4.78, 5) is 20.7. The Morgan fingerprint density at radius 2 is 2.06 bits per heavy atom. The molecular formula is C24H22FN3O2S. The Morgan fingerprint density at radius 1 is 1.26 bits per heavy atom. The maximum atomic E-state index is 13.7. The third kappa shape index (κ3) is 3.59. The summed E-state index contributed by atoms with van der Waals surface area (Å²) in [5, 5.41) is 1.98. The first-order valence-electron chi connectivity index (χ1n) is 10.2. The maximum absolute atomic E-state index is 13.7. The summed E-state index contributed by atoms with van der Waals surface area (Å²) in [6.45, 7) is 2.05. The zero-order valence-electron chi connectivity index (χ0n) is 17.3. The molecule has 0 saturated carbocycles. The number of fused-ring (bicyclic) bond motifs is 2. The molecule has 31 heavy (non-hydrogen) atoms. The van der Waals surface area contributed by atoms with Crippen LogP contribution in [0.25, 0.3) is 16.2 Å². The van der Waals surface area contributed by atoms with Gasteiger partial charge in [0.25, 0.3) is 0 Å². The maximum Gasteiger partial charge on any atom is 0.233 e. The van der Waals surface area contributed by atoms with E-state index < -0.39 is 0 Å². The Labute approximate surface area is 183 Å². The number of anilines is 1. The molecular weight excluding hydrogens is 413 g/mol. The second-order valence-electron chi connectivity index (χ2n) is 7.84. The number of methoxy groups -OCH3 is 1. The standard InChI is InChI=1S/C24H22FN3O2S/c1-15-3-4-17-11-18(25)7-10-22(17)28(15)23(29)12-19-14-31-24-26-21(13-27(19)24)16-5-8-20(30-2)9-6-16/h5-11,13-15H,3-4,12H2,1-2H3/t15-/m1/s1. The molecule has 4 aromatic rings. The van der Waals surface area contributed by atoms with E-state index in [1.165, 1.54) is 17.4 Å². The number of halogens is 1. The van der Waals surface area contributed by atoms with Crippen LogP contribution in [-0.4, -0.2) is 28.4 Å². The van der Waals surface area contributed by atoms with Crippen LogP contribution in [0.1, 0.15) is 24.6 Å². The average molecular weight is 436 g/mol. The first-order chi connectivity index (χ1) is 15.0. The number of carbonyl (C=O) groups excluding carboxylic acids is 1. The molecule has 5 rings (SSSR count). The Hall–Kier alpha value is -3.19. The van der Waals surface area contributed by atoms with Crippen molar-refractivity contribution in [2.24, 2.45) is 0 Å². The van der Waals surface area contributed by atoms with Crippen LogP contribution in [0, 0.1) is 5.82 Å². The molecule has 0 unspecified atom stereocenters. The summed E-state index contributed by atoms with van der Waals surface area (Å²) in [5.74, 6) is 0.552. The molecule has 0 aliphatic carbocycles. The van der Waals surface area contributed by atoms with E-state index in [9.17, 15) is 9.18 Å². The van der Waals surface area contributed by atoms with Crippen LogP contribution >= 0.6 is 11.3 Å². The third-order valence-corrected chi connectivity index (χ3v) is 6.73. The number of hydrogen-bond acceptors (Lipinski definition) is 4. The van der Waals surface area contributed by atoms with E-state index in [-0.39, 0.29) is 24.2 Å². The van der Waals surface area contributed by atoms with Crippen molar-refractivity contribution in [2.75, 3.05) is 12.0 Å². The van der Waals surface area contributed by atoms with Gasteiger partial charge in [0.2, 0.25) is 5.91 Å². The van der Waals surface area contributed by atoms with Crippen molar-refractivity contribution in [1.29, 1.82) is 0 Å². The van der Waals surface area contributed by atoms with Crippen molar-refractivity contribution in [3.8, 4) is 17.0 Å². The molecule has 0 spiro atoms. The van der Waals surface area contributed by atoms with Gasteiger partial charge in [-0.25, -0.2) is 9.37 Å². The van der Waals surface area contributed by atoms with Crippen LogP contribution < -0.4 is 9.64 Å². The zero-order valence-corrected chi connectivity index (χ0v) is 18.2.